The lowest BCUT2D eigenvalue weighted by Crippen LogP contribution is -2.42. The SMILES string of the molecule is [B][C@@H]1O[C@H](COC(C)C)C(OP(=O)(O)OC[C@@]2(F)O[C@@H]([B])CC2OC(C)C)[C@@H]1O. The van der Waals surface area contributed by atoms with Crippen molar-refractivity contribution in [3.05, 3.63) is 0 Å². The maximum Gasteiger partial charge on any atom is 0.472 e. The second-order valence-electron chi connectivity index (χ2n) is 7.68. The number of alkyl halides is 1. The second kappa shape index (κ2) is 10.1. The molecule has 13 heteroatoms. The van der Waals surface area contributed by atoms with Crippen molar-refractivity contribution in [3.8, 4) is 0 Å². The van der Waals surface area contributed by atoms with E-state index in [1.54, 1.807) is 27.7 Å². The first-order chi connectivity index (χ1) is 13.3. The Bertz CT molecular complexity index is 587. The van der Waals surface area contributed by atoms with E-state index in [-0.39, 0.29) is 25.2 Å². The molecule has 0 aromatic rings. The third-order valence-electron chi connectivity index (χ3n) is 4.36. The summed E-state index contributed by atoms with van der Waals surface area (Å²) < 4.78 is 58.5. The summed E-state index contributed by atoms with van der Waals surface area (Å²) in [5.41, 5.74) is 0. The molecule has 2 saturated heterocycles. The monoisotopic (exact) mass is 436 g/mol. The van der Waals surface area contributed by atoms with E-state index in [4.69, 9.17) is 43.7 Å². The third kappa shape index (κ3) is 6.98. The number of halogens is 1. The predicted octanol–water partition coefficient (Wildman–Crippen LogP) is 0.542. The number of hydrogen-bond donors (Lipinski definition) is 2. The Balaban J connectivity index is 1.99. The van der Waals surface area contributed by atoms with Gasteiger partial charge in [-0.05, 0) is 34.1 Å². The lowest BCUT2D eigenvalue weighted by atomic mass is 9.93. The summed E-state index contributed by atoms with van der Waals surface area (Å²) in [5.74, 6) is -2.53. The summed E-state index contributed by atoms with van der Waals surface area (Å²) in [6.45, 7) is 5.97. The Morgan fingerprint density at radius 3 is 2.52 bits per heavy atom. The van der Waals surface area contributed by atoms with Crippen molar-refractivity contribution in [3.63, 3.8) is 0 Å². The summed E-state index contributed by atoms with van der Waals surface area (Å²) in [6, 6.07) is -2.10. The van der Waals surface area contributed by atoms with Crippen LogP contribution in [0.5, 0.6) is 0 Å². The maximum absolute atomic E-state index is 15.1. The number of phosphoric ester groups is 1. The van der Waals surface area contributed by atoms with Crippen LogP contribution in [0, 0.1) is 0 Å². The molecule has 4 radical (unpaired) electrons. The van der Waals surface area contributed by atoms with E-state index in [1.807, 2.05) is 0 Å². The maximum atomic E-state index is 15.1. The van der Waals surface area contributed by atoms with Crippen LogP contribution in [-0.4, -0.2) is 93.4 Å². The Kier molecular flexibility index (Phi) is 8.75. The van der Waals surface area contributed by atoms with Crippen LogP contribution >= 0.6 is 7.82 Å². The molecule has 2 heterocycles. The average Bonchev–Trinajstić information content (AvgIpc) is 3.01. The molecule has 3 unspecified atom stereocenters. The van der Waals surface area contributed by atoms with Crippen LogP contribution in [0.15, 0.2) is 0 Å². The molecule has 2 aliphatic heterocycles. The molecule has 0 amide bonds. The van der Waals surface area contributed by atoms with Crippen molar-refractivity contribution in [2.75, 3.05) is 13.2 Å². The van der Waals surface area contributed by atoms with Crippen LogP contribution in [-0.2, 0) is 32.6 Å². The van der Waals surface area contributed by atoms with Crippen molar-refractivity contribution < 1.29 is 47.0 Å². The van der Waals surface area contributed by atoms with Gasteiger partial charge in [0.05, 0.1) is 18.8 Å². The summed E-state index contributed by atoms with van der Waals surface area (Å²) >= 11 is 0. The van der Waals surface area contributed by atoms with Gasteiger partial charge in [-0.15, -0.1) is 0 Å². The van der Waals surface area contributed by atoms with E-state index in [1.165, 1.54) is 0 Å². The summed E-state index contributed by atoms with van der Waals surface area (Å²) in [5, 5.41) is 10.1. The Morgan fingerprint density at radius 1 is 1.28 bits per heavy atom. The summed E-state index contributed by atoms with van der Waals surface area (Å²) in [7, 11) is 6.41. The molecule has 29 heavy (non-hydrogen) atoms. The lowest BCUT2D eigenvalue weighted by molar-refractivity contribution is -0.203. The normalized spacial score (nSPS) is 40.0. The van der Waals surface area contributed by atoms with Crippen molar-refractivity contribution >= 4 is 23.5 Å². The minimum atomic E-state index is -4.83. The number of ether oxygens (including phenoxy) is 4. The van der Waals surface area contributed by atoms with Crippen LogP contribution in [0.25, 0.3) is 0 Å². The molecule has 8 atom stereocenters. The molecule has 0 aliphatic carbocycles. The summed E-state index contributed by atoms with van der Waals surface area (Å²) in [6.07, 6.45) is -5.16. The number of hydrogen-bond acceptors (Lipinski definition) is 8. The number of aliphatic hydroxyl groups is 1. The molecule has 2 fully saturated rings. The molecular weight excluding hydrogens is 408 g/mol. The molecule has 2 rings (SSSR count). The first kappa shape index (κ1) is 25.2. The minimum Gasteiger partial charge on any atom is -0.388 e. The van der Waals surface area contributed by atoms with Crippen molar-refractivity contribution in [1.82, 2.24) is 0 Å². The third-order valence-corrected chi connectivity index (χ3v) is 5.32. The van der Waals surface area contributed by atoms with Crippen molar-refractivity contribution in [2.45, 2.75) is 88.6 Å². The molecule has 0 bridgehead atoms. The Morgan fingerprint density at radius 2 is 1.93 bits per heavy atom. The van der Waals surface area contributed by atoms with E-state index in [0.29, 0.717) is 0 Å². The standard InChI is InChI=1S/C16H28B2FO9P/c1-8(2)23-6-10-14(13(20)15(18)26-10)28-29(21,22)24-7-16(19)11(25-9(3)4)5-12(17)27-16/h8-15,20H,5-7H2,1-4H3,(H,21,22)/t10-,11?,12-,13+,14?,15-,16-/m1/s1. The zero-order valence-electron chi connectivity index (χ0n) is 17.0. The number of rotatable bonds is 10. The number of aliphatic hydroxyl groups excluding tert-OH is 1. The minimum absolute atomic E-state index is 0.0393. The van der Waals surface area contributed by atoms with Gasteiger partial charge in [-0.3, -0.25) is 9.05 Å². The highest BCUT2D eigenvalue weighted by Crippen LogP contribution is 2.49. The second-order valence-corrected chi connectivity index (χ2v) is 9.08. The van der Waals surface area contributed by atoms with Crippen molar-refractivity contribution in [1.29, 1.82) is 0 Å². The predicted molar refractivity (Wildman–Crippen MR) is 101 cm³/mol. The molecule has 0 aromatic carbocycles. The smallest absolute Gasteiger partial charge is 0.388 e. The van der Waals surface area contributed by atoms with E-state index >= 15 is 4.39 Å². The van der Waals surface area contributed by atoms with Crippen LogP contribution < -0.4 is 0 Å². The van der Waals surface area contributed by atoms with E-state index in [9.17, 15) is 14.6 Å². The topological polar surface area (TPSA) is 113 Å². The molecule has 164 valence electrons. The first-order valence-electron chi connectivity index (χ1n) is 9.47. The van der Waals surface area contributed by atoms with E-state index in [2.05, 4.69) is 0 Å². The van der Waals surface area contributed by atoms with E-state index < -0.39 is 56.7 Å². The molecule has 2 N–H and O–H groups in total. The molecule has 9 nitrogen and oxygen atoms in total. The van der Waals surface area contributed by atoms with Gasteiger partial charge in [0.25, 0.3) is 5.85 Å². The van der Waals surface area contributed by atoms with Gasteiger partial charge in [0.2, 0.25) is 0 Å². The molecule has 0 saturated carbocycles. The highest BCUT2D eigenvalue weighted by Gasteiger charge is 2.52. The van der Waals surface area contributed by atoms with E-state index in [0.717, 1.165) is 0 Å². The first-order valence-corrected chi connectivity index (χ1v) is 11.0. The summed E-state index contributed by atoms with van der Waals surface area (Å²) in [4.78, 5) is 10.1. The Hall–Kier alpha value is -0.0301. The van der Waals surface area contributed by atoms with Gasteiger partial charge in [0.15, 0.2) is 0 Å². The Labute approximate surface area is 172 Å². The van der Waals surface area contributed by atoms with Gasteiger partial charge < -0.3 is 28.9 Å². The molecule has 2 aliphatic rings. The highest BCUT2D eigenvalue weighted by molar-refractivity contribution is 7.47. The van der Waals surface area contributed by atoms with Crippen LogP contribution in [0.1, 0.15) is 34.1 Å². The number of phosphoric acid groups is 1. The van der Waals surface area contributed by atoms with Gasteiger partial charge in [-0.25, -0.2) is 8.96 Å². The largest absolute Gasteiger partial charge is 0.472 e. The van der Waals surface area contributed by atoms with Crippen LogP contribution in [0.3, 0.4) is 0 Å². The molecular formula is C16H28B2FO9P. The van der Waals surface area contributed by atoms with Gasteiger partial charge in [-0.2, -0.15) is 0 Å². The van der Waals surface area contributed by atoms with Gasteiger partial charge in [0.1, 0.15) is 46.7 Å². The quantitative estimate of drug-likeness (QED) is 0.375. The van der Waals surface area contributed by atoms with Crippen LogP contribution in [0.4, 0.5) is 4.39 Å². The van der Waals surface area contributed by atoms with Crippen LogP contribution in [0.2, 0.25) is 0 Å². The lowest BCUT2D eigenvalue weighted by Gasteiger charge is -2.29. The fourth-order valence-corrected chi connectivity index (χ4v) is 4.02. The van der Waals surface area contributed by atoms with Gasteiger partial charge >= 0.3 is 7.82 Å². The molecule has 0 aromatic heterocycles. The van der Waals surface area contributed by atoms with Gasteiger partial charge in [0, 0.05) is 12.0 Å². The van der Waals surface area contributed by atoms with Crippen molar-refractivity contribution in [2.24, 2.45) is 0 Å². The zero-order valence-corrected chi connectivity index (χ0v) is 17.9. The van der Waals surface area contributed by atoms with Gasteiger partial charge in [-0.1, -0.05) is 0 Å². The average molecular weight is 436 g/mol. The highest BCUT2D eigenvalue weighted by atomic mass is 31.2. The fraction of sp³-hybridized carbons (Fsp3) is 1.00. The fourth-order valence-electron chi connectivity index (χ4n) is 3.05. The molecule has 0 spiro atoms. The zero-order chi connectivity index (χ0) is 22.0.